The molecule has 0 aromatic carbocycles. The van der Waals surface area contributed by atoms with E-state index in [1.54, 1.807) is 12.4 Å². The molecule has 5 nitrogen and oxygen atoms in total. The van der Waals surface area contributed by atoms with Crippen LogP contribution in [-0.2, 0) is 4.79 Å². The Morgan fingerprint density at radius 3 is 2.80 bits per heavy atom. The summed E-state index contributed by atoms with van der Waals surface area (Å²) in [4.78, 5) is 18.1. The molecule has 0 aliphatic heterocycles. The highest BCUT2D eigenvalue weighted by Gasteiger charge is 2.09. The summed E-state index contributed by atoms with van der Waals surface area (Å²) in [5.74, 6) is 0.456. The van der Waals surface area contributed by atoms with Crippen molar-refractivity contribution in [3.63, 3.8) is 0 Å². The third kappa shape index (κ3) is 5.17. The molecule has 1 amide bonds. The highest BCUT2D eigenvalue weighted by Crippen LogP contribution is 1.99. The zero-order chi connectivity index (χ0) is 11.3. The molecular weight excluding hydrogens is 192 g/mol. The monoisotopic (exact) mass is 210 g/mol. The molecule has 1 rings (SSSR count). The van der Waals surface area contributed by atoms with Crippen molar-refractivity contribution in [1.82, 2.24) is 15.3 Å². The largest absolute Gasteiger partial charge is 0.331 e. The normalized spacial score (nSPS) is 11.4. The predicted molar refractivity (Wildman–Crippen MR) is 59.6 cm³/mol. The second-order valence-corrected chi connectivity index (χ2v) is 4.41. The lowest BCUT2D eigenvalue weighted by Crippen LogP contribution is -2.37. The van der Waals surface area contributed by atoms with Gasteiger partial charge in [0.15, 0.2) is 0 Å². The van der Waals surface area contributed by atoms with Crippen LogP contribution in [0, 0.1) is 0 Å². The lowest BCUT2D eigenvalue weighted by atomic mass is 10.1. The summed E-state index contributed by atoms with van der Waals surface area (Å²) in [5, 5.41) is 5.90. The smallest absolute Gasteiger partial charge is 0.227 e. The van der Waals surface area contributed by atoms with E-state index in [1.807, 2.05) is 0 Å². The topological polar surface area (TPSA) is 69.8 Å². The van der Waals surface area contributed by atoms with Crippen molar-refractivity contribution in [2.75, 3.05) is 11.9 Å². The molecule has 1 aromatic rings. The SMILES string of the molecule is CC(C)(C)NCCC(=O)Nc1ncc[nH]1. The molecule has 0 unspecified atom stereocenters. The van der Waals surface area contributed by atoms with Crippen LogP contribution in [0.15, 0.2) is 12.4 Å². The van der Waals surface area contributed by atoms with Gasteiger partial charge < -0.3 is 10.3 Å². The van der Waals surface area contributed by atoms with Crippen LogP contribution >= 0.6 is 0 Å². The number of rotatable bonds is 4. The van der Waals surface area contributed by atoms with E-state index < -0.39 is 0 Å². The molecule has 15 heavy (non-hydrogen) atoms. The van der Waals surface area contributed by atoms with Gasteiger partial charge in [0.2, 0.25) is 11.9 Å². The number of carbonyl (C=O) groups excluding carboxylic acids is 1. The van der Waals surface area contributed by atoms with E-state index in [-0.39, 0.29) is 11.4 Å². The molecule has 0 bridgehead atoms. The number of hydrogen-bond donors (Lipinski definition) is 3. The van der Waals surface area contributed by atoms with E-state index in [9.17, 15) is 4.79 Å². The molecule has 1 heterocycles. The van der Waals surface area contributed by atoms with Crippen LogP contribution in [0.25, 0.3) is 0 Å². The van der Waals surface area contributed by atoms with Crippen LogP contribution in [0.4, 0.5) is 5.95 Å². The summed E-state index contributed by atoms with van der Waals surface area (Å²) in [5.41, 5.74) is 0.0466. The van der Waals surface area contributed by atoms with Crippen molar-refractivity contribution in [2.24, 2.45) is 0 Å². The minimum absolute atomic E-state index is 0.0401. The molecule has 0 saturated heterocycles. The molecule has 5 heteroatoms. The van der Waals surface area contributed by atoms with Gasteiger partial charge in [0.1, 0.15) is 0 Å². The first-order valence-corrected chi connectivity index (χ1v) is 5.02. The molecule has 0 atom stereocenters. The fourth-order valence-corrected chi connectivity index (χ4v) is 1.08. The number of nitrogens with zero attached hydrogens (tertiary/aromatic N) is 1. The second kappa shape index (κ2) is 4.93. The van der Waals surface area contributed by atoms with E-state index >= 15 is 0 Å². The molecule has 0 fully saturated rings. The molecule has 84 valence electrons. The maximum absolute atomic E-state index is 11.4. The maximum Gasteiger partial charge on any atom is 0.227 e. The summed E-state index contributed by atoms with van der Waals surface area (Å²) in [6.07, 6.45) is 3.71. The van der Waals surface area contributed by atoms with Crippen LogP contribution in [0.2, 0.25) is 0 Å². The number of amides is 1. The van der Waals surface area contributed by atoms with E-state index in [4.69, 9.17) is 0 Å². The number of carbonyl (C=O) groups is 1. The number of aromatic nitrogens is 2. The second-order valence-electron chi connectivity index (χ2n) is 4.41. The summed E-state index contributed by atoms with van der Waals surface area (Å²) in [6.45, 7) is 6.86. The number of aromatic amines is 1. The Morgan fingerprint density at radius 2 is 2.27 bits per heavy atom. The number of imidazole rings is 1. The standard InChI is InChI=1S/C10H18N4O/c1-10(2,3)13-5-4-8(15)14-9-11-6-7-12-9/h6-7,13H,4-5H2,1-3H3,(H2,11,12,14,15). The fourth-order valence-electron chi connectivity index (χ4n) is 1.08. The van der Waals surface area contributed by atoms with Gasteiger partial charge in [0.05, 0.1) is 0 Å². The molecular formula is C10H18N4O. The van der Waals surface area contributed by atoms with Gasteiger partial charge in [-0.05, 0) is 20.8 Å². The van der Waals surface area contributed by atoms with Gasteiger partial charge in [0.25, 0.3) is 0 Å². The highest BCUT2D eigenvalue weighted by molar-refractivity contribution is 5.88. The van der Waals surface area contributed by atoms with Crippen molar-refractivity contribution in [1.29, 1.82) is 0 Å². The van der Waals surface area contributed by atoms with Gasteiger partial charge in [-0.1, -0.05) is 0 Å². The van der Waals surface area contributed by atoms with E-state index in [0.29, 0.717) is 18.9 Å². The Balaban J connectivity index is 2.20. The number of H-pyrrole nitrogens is 1. The average Bonchev–Trinajstić information content (AvgIpc) is 2.54. The number of anilines is 1. The Morgan fingerprint density at radius 1 is 1.53 bits per heavy atom. The van der Waals surface area contributed by atoms with Crippen molar-refractivity contribution >= 4 is 11.9 Å². The highest BCUT2D eigenvalue weighted by atomic mass is 16.1. The lowest BCUT2D eigenvalue weighted by molar-refractivity contribution is -0.116. The number of hydrogen-bond acceptors (Lipinski definition) is 3. The first kappa shape index (κ1) is 11.7. The minimum Gasteiger partial charge on any atom is -0.331 e. The van der Waals surface area contributed by atoms with Crippen LogP contribution in [-0.4, -0.2) is 28.0 Å². The molecule has 0 aliphatic carbocycles. The van der Waals surface area contributed by atoms with Crippen molar-refractivity contribution in [2.45, 2.75) is 32.7 Å². The first-order chi connectivity index (χ1) is 6.97. The van der Waals surface area contributed by atoms with Gasteiger partial charge in [-0.25, -0.2) is 4.98 Å². The van der Waals surface area contributed by atoms with Crippen molar-refractivity contribution in [3.8, 4) is 0 Å². The quantitative estimate of drug-likeness (QED) is 0.697. The Kier molecular flexibility index (Phi) is 3.85. The first-order valence-electron chi connectivity index (χ1n) is 5.02. The van der Waals surface area contributed by atoms with Crippen molar-refractivity contribution < 1.29 is 4.79 Å². The van der Waals surface area contributed by atoms with Crippen LogP contribution < -0.4 is 10.6 Å². The Bertz CT molecular complexity index is 300. The lowest BCUT2D eigenvalue weighted by Gasteiger charge is -2.19. The fraction of sp³-hybridized carbons (Fsp3) is 0.600. The predicted octanol–water partition coefficient (Wildman–Crippen LogP) is 1.13. The van der Waals surface area contributed by atoms with E-state index in [2.05, 4.69) is 41.4 Å². The van der Waals surface area contributed by atoms with Gasteiger partial charge in [-0.3, -0.25) is 10.1 Å². The Hall–Kier alpha value is -1.36. The molecule has 0 radical (unpaired) electrons. The van der Waals surface area contributed by atoms with E-state index in [1.165, 1.54) is 0 Å². The summed E-state index contributed by atoms with van der Waals surface area (Å²) in [6, 6.07) is 0. The number of nitrogens with one attached hydrogen (secondary N) is 3. The van der Waals surface area contributed by atoms with Gasteiger partial charge in [-0.2, -0.15) is 0 Å². The van der Waals surface area contributed by atoms with Crippen molar-refractivity contribution in [3.05, 3.63) is 12.4 Å². The van der Waals surface area contributed by atoms with Crippen LogP contribution in [0.3, 0.4) is 0 Å². The molecule has 3 N–H and O–H groups in total. The Labute approximate surface area is 89.7 Å². The van der Waals surface area contributed by atoms with Crippen LogP contribution in [0.1, 0.15) is 27.2 Å². The van der Waals surface area contributed by atoms with Gasteiger partial charge >= 0.3 is 0 Å². The zero-order valence-electron chi connectivity index (χ0n) is 9.42. The summed E-state index contributed by atoms with van der Waals surface area (Å²) < 4.78 is 0. The van der Waals surface area contributed by atoms with Gasteiger partial charge in [0, 0.05) is 30.9 Å². The molecule has 1 aromatic heterocycles. The summed E-state index contributed by atoms with van der Waals surface area (Å²) in [7, 11) is 0. The zero-order valence-corrected chi connectivity index (χ0v) is 9.42. The third-order valence-corrected chi connectivity index (χ3v) is 1.76. The third-order valence-electron chi connectivity index (χ3n) is 1.76. The average molecular weight is 210 g/mol. The van der Waals surface area contributed by atoms with Gasteiger partial charge in [-0.15, -0.1) is 0 Å². The molecule has 0 aliphatic rings. The summed E-state index contributed by atoms with van der Waals surface area (Å²) >= 11 is 0. The van der Waals surface area contributed by atoms with Crippen LogP contribution in [0.5, 0.6) is 0 Å². The van der Waals surface area contributed by atoms with E-state index in [0.717, 1.165) is 0 Å². The maximum atomic E-state index is 11.4. The minimum atomic E-state index is -0.0401. The molecule has 0 saturated carbocycles. The molecule has 0 spiro atoms.